The minimum Gasteiger partial charge on any atom is -0.322 e. The molecule has 4 aromatic rings. The minimum atomic E-state index is -0.377. The number of hydrogen-bond donors (Lipinski definition) is 1. The zero-order valence-electron chi connectivity index (χ0n) is 16.1. The lowest BCUT2D eigenvalue weighted by Gasteiger charge is -2.20. The van der Waals surface area contributed by atoms with E-state index in [1.54, 1.807) is 16.8 Å². The number of benzene rings is 2. The highest BCUT2D eigenvalue weighted by molar-refractivity contribution is 6.35. The van der Waals surface area contributed by atoms with Gasteiger partial charge in [-0.1, -0.05) is 29.3 Å². The van der Waals surface area contributed by atoms with E-state index in [-0.39, 0.29) is 27.5 Å². The van der Waals surface area contributed by atoms with E-state index in [1.165, 1.54) is 24.4 Å². The minimum absolute atomic E-state index is 0.188. The van der Waals surface area contributed by atoms with Gasteiger partial charge in [-0.25, -0.2) is 14.1 Å². The SMILES string of the molecule is O=C(Nc1ccc2c(c1)-c1c(cnn1-c1ccc(F)cc1)CC2)c1cc(Cl)ncc1Cl. The topological polar surface area (TPSA) is 59.8 Å². The lowest BCUT2D eigenvalue weighted by Crippen LogP contribution is -2.14. The van der Waals surface area contributed by atoms with E-state index in [0.29, 0.717) is 5.69 Å². The van der Waals surface area contributed by atoms with Gasteiger partial charge in [0.15, 0.2) is 0 Å². The van der Waals surface area contributed by atoms with Crippen LogP contribution in [0.15, 0.2) is 60.9 Å². The summed E-state index contributed by atoms with van der Waals surface area (Å²) < 4.78 is 15.2. The van der Waals surface area contributed by atoms with Crippen LogP contribution in [-0.2, 0) is 12.8 Å². The van der Waals surface area contributed by atoms with E-state index in [1.807, 2.05) is 24.4 Å². The van der Waals surface area contributed by atoms with Gasteiger partial charge >= 0.3 is 0 Å². The van der Waals surface area contributed by atoms with E-state index in [9.17, 15) is 9.18 Å². The first kappa shape index (κ1) is 19.7. The van der Waals surface area contributed by atoms with Crippen LogP contribution in [0, 0.1) is 5.82 Å². The fraction of sp³-hybridized carbons (Fsp3) is 0.0870. The summed E-state index contributed by atoms with van der Waals surface area (Å²) in [4.78, 5) is 16.6. The lowest BCUT2D eigenvalue weighted by atomic mass is 9.90. The molecule has 2 aromatic heterocycles. The number of fused-ring (bicyclic) bond motifs is 3. The van der Waals surface area contributed by atoms with Gasteiger partial charge in [0.2, 0.25) is 0 Å². The van der Waals surface area contributed by atoms with Crippen LogP contribution in [0.4, 0.5) is 10.1 Å². The highest BCUT2D eigenvalue weighted by atomic mass is 35.5. The van der Waals surface area contributed by atoms with E-state index in [0.717, 1.165) is 40.9 Å². The molecular weight excluding hydrogens is 438 g/mol. The van der Waals surface area contributed by atoms with Gasteiger partial charge in [-0.15, -0.1) is 0 Å². The number of carbonyl (C=O) groups excluding carboxylic acids is 1. The molecule has 1 amide bonds. The number of amides is 1. The van der Waals surface area contributed by atoms with Gasteiger partial charge in [0.25, 0.3) is 5.91 Å². The maximum atomic E-state index is 13.4. The normalized spacial score (nSPS) is 12.2. The van der Waals surface area contributed by atoms with Crippen LogP contribution >= 0.6 is 23.2 Å². The molecule has 2 heterocycles. The third kappa shape index (κ3) is 3.69. The molecule has 1 aliphatic rings. The molecule has 0 spiro atoms. The first-order chi connectivity index (χ1) is 15.0. The molecule has 0 unspecified atom stereocenters. The quantitative estimate of drug-likeness (QED) is 0.403. The smallest absolute Gasteiger partial charge is 0.257 e. The highest BCUT2D eigenvalue weighted by Gasteiger charge is 2.23. The summed E-state index contributed by atoms with van der Waals surface area (Å²) in [7, 11) is 0. The van der Waals surface area contributed by atoms with Gasteiger partial charge in [0, 0.05) is 17.4 Å². The number of pyridine rings is 1. The van der Waals surface area contributed by atoms with Crippen molar-refractivity contribution < 1.29 is 9.18 Å². The number of hydrogen-bond acceptors (Lipinski definition) is 3. The van der Waals surface area contributed by atoms with Crippen molar-refractivity contribution >= 4 is 34.8 Å². The number of aromatic nitrogens is 3. The molecule has 0 fully saturated rings. The predicted molar refractivity (Wildman–Crippen MR) is 119 cm³/mol. The first-order valence-electron chi connectivity index (χ1n) is 9.58. The van der Waals surface area contributed by atoms with Crippen LogP contribution in [0.1, 0.15) is 21.5 Å². The van der Waals surface area contributed by atoms with Crippen molar-refractivity contribution in [3.8, 4) is 16.9 Å². The molecule has 1 aliphatic carbocycles. The van der Waals surface area contributed by atoms with Gasteiger partial charge in [-0.3, -0.25) is 4.79 Å². The van der Waals surface area contributed by atoms with E-state index in [2.05, 4.69) is 15.4 Å². The lowest BCUT2D eigenvalue weighted by molar-refractivity contribution is 0.102. The Hall–Kier alpha value is -3.22. The van der Waals surface area contributed by atoms with Crippen molar-refractivity contribution in [1.82, 2.24) is 14.8 Å². The molecule has 0 bridgehead atoms. The van der Waals surface area contributed by atoms with E-state index < -0.39 is 0 Å². The fourth-order valence-electron chi connectivity index (χ4n) is 3.78. The van der Waals surface area contributed by atoms with E-state index in [4.69, 9.17) is 23.2 Å². The van der Waals surface area contributed by atoms with Gasteiger partial charge in [-0.05, 0) is 66.4 Å². The van der Waals surface area contributed by atoms with Gasteiger partial charge in [0.1, 0.15) is 11.0 Å². The maximum absolute atomic E-state index is 13.4. The zero-order chi connectivity index (χ0) is 21.5. The summed E-state index contributed by atoms with van der Waals surface area (Å²) >= 11 is 12.0. The number of nitrogens with zero attached hydrogens (tertiary/aromatic N) is 3. The second kappa shape index (κ2) is 7.80. The number of aryl methyl sites for hydroxylation is 2. The van der Waals surface area contributed by atoms with Crippen molar-refractivity contribution in [2.45, 2.75) is 12.8 Å². The molecule has 2 aromatic carbocycles. The molecule has 31 heavy (non-hydrogen) atoms. The summed E-state index contributed by atoms with van der Waals surface area (Å²) in [6.45, 7) is 0. The number of halogens is 3. The van der Waals surface area contributed by atoms with Crippen LogP contribution in [0.5, 0.6) is 0 Å². The van der Waals surface area contributed by atoms with Gasteiger partial charge < -0.3 is 5.32 Å². The monoisotopic (exact) mass is 452 g/mol. The average molecular weight is 453 g/mol. The molecule has 0 saturated carbocycles. The summed E-state index contributed by atoms with van der Waals surface area (Å²) in [5.74, 6) is -0.678. The molecule has 0 aliphatic heterocycles. The van der Waals surface area contributed by atoms with Crippen LogP contribution in [-0.4, -0.2) is 20.7 Å². The Labute approximate surface area is 187 Å². The zero-order valence-corrected chi connectivity index (χ0v) is 17.6. The Morgan fingerprint density at radius 1 is 1.00 bits per heavy atom. The standard InChI is InChI=1S/C23H15Cl2FN4O/c24-20-12-27-21(25)10-19(20)23(31)29-16-6-3-13-1-2-14-11-28-30(22(14)18(13)9-16)17-7-4-15(26)5-8-17/h3-12H,1-2H2,(H,29,31). The Morgan fingerprint density at radius 2 is 1.77 bits per heavy atom. The molecular formula is C23H15Cl2FN4O. The third-order valence-electron chi connectivity index (χ3n) is 5.27. The first-order valence-corrected chi connectivity index (χ1v) is 10.3. The van der Waals surface area contributed by atoms with Crippen LogP contribution in [0.3, 0.4) is 0 Å². The largest absolute Gasteiger partial charge is 0.322 e. The van der Waals surface area contributed by atoms with Crippen molar-refractivity contribution in [2.75, 3.05) is 5.32 Å². The summed E-state index contributed by atoms with van der Waals surface area (Å²) in [5, 5.41) is 7.81. The summed E-state index contributed by atoms with van der Waals surface area (Å²) in [6, 6.07) is 13.4. The second-order valence-electron chi connectivity index (χ2n) is 7.22. The Morgan fingerprint density at radius 3 is 2.58 bits per heavy atom. The molecule has 0 atom stereocenters. The van der Waals surface area contributed by atoms with Gasteiger partial charge in [-0.2, -0.15) is 5.10 Å². The molecule has 0 radical (unpaired) electrons. The van der Waals surface area contributed by atoms with Crippen LogP contribution < -0.4 is 5.32 Å². The van der Waals surface area contributed by atoms with Crippen molar-refractivity contribution in [1.29, 1.82) is 0 Å². The van der Waals surface area contributed by atoms with Crippen LogP contribution in [0.25, 0.3) is 16.9 Å². The predicted octanol–water partition coefficient (Wildman–Crippen LogP) is 5.73. The maximum Gasteiger partial charge on any atom is 0.257 e. The fourth-order valence-corrected chi connectivity index (χ4v) is 4.13. The summed E-state index contributed by atoms with van der Waals surface area (Å²) in [6.07, 6.45) is 4.92. The van der Waals surface area contributed by atoms with Crippen molar-refractivity contribution in [3.05, 3.63) is 93.6 Å². The molecule has 5 nitrogen and oxygen atoms in total. The second-order valence-corrected chi connectivity index (χ2v) is 8.01. The number of rotatable bonds is 3. The molecule has 1 N–H and O–H groups in total. The highest BCUT2D eigenvalue weighted by Crippen LogP contribution is 2.36. The van der Waals surface area contributed by atoms with E-state index >= 15 is 0 Å². The number of carbonyl (C=O) groups is 1. The third-order valence-corrected chi connectivity index (χ3v) is 5.78. The van der Waals surface area contributed by atoms with Crippen molar-refractivity contribution in [2.24, 2.45) is 0 Å². The number of nitrogens with one attached hydrogen (secondary N) is 1. The number of anilines is 1. The Kier molecular flexibility index (Phi) is 4.96. The Bertz CT molecular complexity index is 1320. The van der Waals surface area contributed by atoms with Crippen LogP contribution in [0.2, 0.25) is 10.2 Å². The molecule has 5 rings (SSSR count). The molecule has 154 valence electrons. The Balaban J connectivity index is 1.53. The van der Waals surface area contributed by atoms with Crippen molar-refractivity contribution in [3.63, 3.8) is 0 Å². The molecule has 0 saturated heterocycles. The van der Waals surface area contributed by atoms with Gasteiger partial charge in [0.05, 0.1) is 28.2 Å². The molecule has 8 heteroatoms. The summed E-state index contributed by atoms with van der Waals surface area (Å²) in [5.41, 5.74) is 5.80. The average Bonchev–Trinajstić information content (AvgIpc) is 3.20.